The monoisotopic (exact) mass is 497 g/mol. The van der Waals surface area contributed by atoms with E-state index in [0.29, 0.717) is 54.9 Å². The number of hydrogen-bond donors (Lipinski definition) is 4. The third-order valence-electron chi connectivity index (χ3n) is 5.99. The molecule has 0 unspecified atom stereocenters. The first kappa shape index (κ1) is 27.1. The molecule has 4 N–H and O–H groups in total. The van der Waals surface area contributed by atoms with E-state index in [1.54, 1.807) is 35.9 Å². The highest BCUT2D eigenvalue weighted by Crippen LogP contribution is 2.09. The van der Waals surface area contributed by atoms with Crippen molar-refractivity contribution in [3.8, 4) is 0 Å². The van der Waals surface area contributed by atoms with E-state index in [-0.39, 0.29) is 24.7 Å². The van der Waals surface area contributed by atoms with Gasteiger partial charge < -0.3 is 25.2 Å². The van der Waals surface area contributed by atoms with Crippen LogP contribution in [-0.4, -0.2) is 76.7 Å². The number of H-pyrrole nitrogens is 3. The third kappa shape index (κ3) is 8.63. The predicted molar refractivity (Wildman–Crippen MR) is 137 cm³/mol. The summed E-state index contributed by atoms with van der Waals surface area (Å²) in [6, 6.07) is 1.03. The Labute approximate surface area is 212 Å². The van der Waals surface area contributed by atoms with Gasteiger partial charge in [-0.25, -0.2) is 15.0 Å². The number of carbonyl (C=O) groups excluding carboxylic acids is 2. The van der Waals surface area contributed by atoms with Gasteiger partial charge in [0.2, 0.25) is 11.8 Å². The Kier molecular flexibility index (Phi) is 10.2. The topological polar surface area (TPSA) is 139 Å². The van der Waals surface area contributed by atoms with Crippen molar-refractivity contribution in [3.63, 3.8) is 0 Å². The van der Waals surface area contributed by atoms with Crippen LogP contribution < -0.4 is 5.32 Å². The highest BCUT2D eigenvalue weighted by Gasteiger charge is 2.19. The van der Waals surface area contributed by atoms with Crippen molar-refractivity contribution in [1.29, 1.82) is 0 Å². The fraction of sp³-hybridized carbons (Fsp3) is 0.560. The van der Waals surface area contributed by atoms with Gasteiger partial charge in [0, 0.05) is 55.3 Å². The van der Waals surface area contributed by atoms with Crippen LogP contribution in [0.25, 0.3) is 0 Å². The summed E-state index contributed by atoms with van der Waals surface area (Å²) in [5, 5.41) is 2.97. The zero-order valence-electron chi connectivity index (χ0n) is 21.8. The van der Waals surface area contributed by atoms with Gasteiger partial charge in [-0.1, -0.05) is 0 Å². The second-order valence-corrected chi connectivity index (χ2v) is 9.51. The van der Waals surface area contributed by atoms with Crippen molar-refractivity contribution >= 4 is 11.8 Å². The number of hydrogen-bond acceptors (Lipinski definition) is 6. The maximum atomic E-state index is 13.0. The molecule has 0 fully saturated rings. The lowest BCUT2D eigenvalue weighted by Crippen LogP contribution is -2.38. The van der Waals surface area contributed by atoms with Crippen molar-refractivity contribution in [1.82, 2.24) is 45.0 Å². The molecule has 2 amide bonds. The van der Waals surface area contributed by atoms with Crippen molar-refractivity contribution in [2.24, 2.45) is 0 Å². The second-order valence-electron chi connectivity index (χ2n) is 9.51. The highest BCUT2D eigenvalue weighted by molar-refractivity contribution is 5.79. The van der Waals surface area contributed by atoms with Gasteiger partial charge in [0.1, 0.15) is 17.5 Å². The SMILES string of the molecule is CC(C)N(CCCCNC(=O)Cc1ncc(CC(=O)N(Cc2ncc[nH]2)Cc2ncc[nH]2)[nH]1)C(C)C. The Bertz CT molecular complexity index is 997. The minimum Gasteiger partial charge on any atom is -0.356 e. The summed E-state index contributed by atoms with van der Waals surface area (Å²) < 4.78 is 0. The van der Waals surface area contributed by atoms with Crippen LogP contribution in [0.15, 0.2) is 31.0 Å². The first-order chi connectivity index (χ1) is 17.3. The van der Waals surface area contributed by atoms with Gasteiger partial charge in [0.05, 0.1) is 25.9 Å². The second kappa shape index (κ2) is 13.6. The van der Waals surface area contributed by atoms with Crippen LogP contribution in [0.2, 0.25) is 0 Å². The molecule has 3 aromatic heterocycles. The lowest BCUT2D eigenvalue weighted by Gasteiger charge is -2.30. The molecule has 0 aliphatic rings. The number of aromatic amines is 3. The third-order valence-corrected chi connectivity index (χ3v) is 5.99. The van der Waals surface area contributed by atoms with E-state index in [1.165, 1.54) is 0 Å². The van der Waals surface area contributed by atoms with E-state index >= 15 is 0 Å². The number of unbranched alkanes of at least 4 members (excludes halogenated alkanes) is 1. The molecular weight excluding hydrogens is 458 g/mol. The number of imidazole rings is 3. The van der Waals surface area contributed by atoms with Gasteiger partial charge in [0.15, 0.2) is 0 Å². The minimum atomic E-state index is -0.0979. The van der Waals surface area contributed by atoms with E-state index in [9.17, 15) is 9.59 Å². The maximum absolute atomic E-state index is 13.0. The molecule has 0 aliphatic carbocycles. The molecule has 0 bridgehead atoms. The van der Waals surface area contributed by atoms with E-state index in [1.807, 2.05) is 0 Å². The molecule has 36 heavy (non-hydrogen) atoms. The van der Waals surface area contributed by atoms with Crippen molar-refractivity contribution in [3.05, 3.63) is 54.2 Å². The lowest BCUT2D eigenvalue weighted by molar-refractivity contribution is -0.132. The maximum Gasteiger partial charge on any atom is 0.229 e. The highest BCUT2D eigenvalue weighted by atomic mass is 16.2. The van der Waals surface area contributed by atoms with E-state index in [4.69, 9.17) is 0 Å². The average molecular weight is 498 g/mol. The van der Waals surface area contributed by atoms with Gasteiger partial charge in [-0.05, 0) is 47.1 Å². The van der Waals surface area contributed by atoms with Gasteiger partial charge in [-0.2, -0.15) is 0 Å². The number of nitrogens with zero attached hydrogens (tertiary/aromatic N) is 5. The molecule has 11 nitrogen and oxygen atoms in total. The van der Waals surface area contributed by atoms with Crippen LogP contribution in [0, 0.1) is 0 Å². The van der Waals surface area contributed by atoms with E-state index in [0.717, 1.165) is 19.4 Å². The molecule has 196 valence electrons. The number of amides is 2. The number of aromatic nitrogens is 6. The Morgan fingerprint density at radius 3 is 2.08 bits per heavy atom. The molecule has 0 aliphatic heterocycles. The largest absolute Gasteiger partial charge is 0.356 e. The molecule has 0 radical (unpaired) electrons. The standard InChI is InChI=1S/C25H39N9O2/c1-18(2)34(19(3)4)12-6-5-7-30-24(35)14-21-31-15-20(32-21)13-25(36)33(16-22-26-8-9-27-22)17-23-28-10-11-29-23/h8-11,15,18-19H,5-7,12-14,16-17H2,1-4H3,(H,26,27)(H,28,29)(H,30,35)(H,31,32). The molecular formula is C25H39N9O2. The van der Waals surface area contributed by atoms with Crippen molar-refractivity contribution in [2.45, 2.75) is 78.6 Å². The van der Waals surface area contributed by atoms with Crippen LogP contribution in [-0.2, 0) is 35.5 Å². The summed E-state index contributed by atoms with van der Waals surface area (Å²) >= 11 is 0. The minimum absolute atomic E-state index is 0.0796. The van der Waals surface area contributed by atoms with E-state index < -0.39 is 0 Å². The first-order valence-corrected chi connectivity index (χ1v) is 12.6. The van der Waals surface area contributed by atoms with Gasteiger partial charge >= 0.3 is 0 Å². The zero-order chi connectivity index (χ0) is 25.9. The Morgan fingerprint density at radius 2 is 1.53 bits per heavy atom. The number of carbonyl (C=O) groups is 2. The average Bonchev–Trinajstić information content (AvgIpc) is 3.59. The summed E-state index contributed by atoms with van der Waals surface area (Å²) in [7, 11) is 0. The quantitative estimate of drug-likeness (QED) is 0.237. The molecule has 0 saturated carbocycles. The number of nitrogens with one attached hydrogen (secondary N) is 4. The van der Waals surface area contributed by atoms with Crippen molar-refractivity contribution < 1.29 is 9.59 Å². The summed E-state index contributed by atoms with van der Waals surface area (Å²) in [5.41, 5.74) is 0.661. The molecule has 3 aromatic rings. The summed E-state index contributed by atoms with van der Waals surface area (Å²) in [6.07, 6.45) is 10.6. The molecule has 0 saturated heterocycles. The molecule has 3 heterocycles. The van der Waals surface area contributed by atoms with Gasteiger partial charge in [-0.3, -0.25) is 14.5 Å². The Balaban J connectivity index is 1.44. The molecule has 0 aromatic carbocycles. The van der Waals surface area contributed by atoms with Crippen LogP contribution >= 0.6 is 0 Å². The molecule has 11 heteroatoms. The van der Waals surface area contributed by atoms with Crippen LogP contribution in [0.3, 0.4) is 0 Å². The summed E-state index contributed by atoms with van der Waals surface area (Å²) in [5.74, 6) is 1.75. The predicted octanol–water partition coefficient (Wildman–Crippen LogP) is 2.19. The van der Waals surface area contributed by atoms with Crippen LogP contribution in [0.5, 0.6) is 0 Å². The fourth-order valence-electron chi connectivity index (χ4n) is 4.20. The number of rotatable bonds is 15. The van der Waals surface area contributed by atoms with Crippen LogP contribution in [0.1, 0.15) is 63.7 Å². The zero-order valence-corrected chi connectivity index (χ0v) is 21.8. The summed E-state index contributed by atoms with van der Waals surface area (Å²) in [6.45, 7) is 11.2. The Morgan fingerprint density at radius 1 is 0.889 bits per heavy atom. The van der Waals surface area contributed by atoms with Crippen molar-refractivity contribution in [2.75, 3.05) is 13.1 Å². The van der Waals surface area contributed by atoms with E-state index in [2.05, 4.69) is 67.8 Å². The Hall–Kier alpha value is -3.47. The lowest BCUT2D eigenvalue weighted by atomic mass is 10.2. The molecule has 3 rings (SSSR count). The smallest absolute Gasteiger partial charge is 0.229 e. The normalized spacial score (nSPS) is 11.5. The summed E-state index contributed by atoms with van der Waals surface area (Å²) in [4.78, 5) is 51.4. The van der Waals surface area contributed by atoms with Gasteiger partial charge in [0.25, 0.3) is 0 Å². The molecule has 0 spiro atoms. The van der Waals surface area contributed by atoms with Crippen LogP contribution in [0.4, 0.5) is 0 Å². The fourth-order valence-corrected chi connectivity index (χ4v) is 4.20. The van der Waals surface area contributed by atoms with Gasteiger partial charge in [-0.15, -0.1) is 0 Å². The molecule has 0 atom stereocenters. The first-order valence-electron chi connectivity index (χ1n) is 12.6.